The first-order valence-corrected chi connectivity index (χ1v) is 11.4. The van der Waals surface area contributed by atoms with E-state index < -0.39 is 44.9 Å². The number of benzene rings is 2. The summed E-state index contributed by atoms with van der Waals surface area (Å²) in [4.78, 5) is 34.8. The summed E-state index contributed by atoms with van der Waals surface area (Å²) in [5.41, 5.74) is -1.09. The molecule has 32 heavy (non-hydrogen) atoms. The number of hydrogen-bond acceptors (Lipinski definition) is 6. The Bertz CT molecular complexity index is 1240. The van der Waals surface area contributed by atoms with E-state index in [1.54, 1.807) is 0 Å². The Hall–Kier alpha value is -3.47. The zero-order chi connectivity index (χ0) is 23.0. The average Bonchev–Trinajstić information content (AvgIpc) is 3.03. The van der Waals surface area contributed by atoms with Gasteiger partial charge in [0.2, 0.25) is 0 Å². The summed E-state index contributed by atoms with van der Waals surface area (Å²) in [6, 6.07) is 4.97. The van der Waals surface area contributed by atoms with Crippen molar-refractivity contribution in [3.05, 3.63) is 52.8 Å². The minimum Gasteiger partial charge on any atom is -0.487 e. The van der Waals surface area contributed by atoms with Crippen molar-refractivity contribution in [2.24, 2.45) is 0 Å². The second-order valence-corrected chi connectivity index (χ2v) is 9.29. The summed E-state index contributed by atoms with van der Waals surface area (Å²) >= 11 is 0. The molecule has 0 aromatic heterocycles. The van der Waals surface area contributed by atoms with E-state index in [0.717, 1.165) is 56.4 Å². The third-order valence-electron chi connectivity index (χ3n) is 5.41. The predicted molar refractivity (Wildman–Crippen MR) is 110 cm³/mol. The summed E-state index contributed by atoms with van der Waals surface area (Å²) in [6.07, 6.45) is 4.14. The Labute approximate surface area is 182 Å². The molecule has 0 spiro atoms. The van der Waals surface area contributed by atoms with Gasteiger partial charge in [0.05, 0.1) is 33.4 Å². The maximum Gasteiger partial charge on any atom is 0.337 e. The Kier molecular flexibility index (Phi) is 5.59. The van der Waals surface area contributed by atoms with Gasteiger partial charge in [-0.1, -0.05) is 6.42 Å². The van der Waals surface area contributed by atoms with Gasteiger partial charge in [0.1, 0.15) is 0 Å². The van der Waals surface area contributed by atoms with Gasteiger partial charge < -0.3 is 9.84 Å². The van der Waals surface area contributed by atoms with Crippen LogP contribution in [-0.2, 0) is 10.0 Å². The lowest BCUT2D eigenvalue weighted by Gasteiger charge is -2.23. The molecule has 1 fully saturated rings. The number of amides is 2. The number of imide groups is 1. The van der Waals surface area contributed by atoms with E-state index in [0.29, 0.717) is 0 Å². The Balaban J connectivity index is 1.65. The molecule has 0 unspecified atom stereocenters. The highest BCUT2D eigenvalue weighted by Gasteiger charge is 2.30. The lowest BCUT2D eigenvalue weighted by molar-refractivity contribution is 0.0695. The maximum atomic E-state index is 14.7. The van der Waals surface area contributed by atoms with Crippen LogP contribution in [0, 0.1) is 5.82 Å². The standard InChI is InChI=1S/C21H19FN2O7S/c22-16-10-17(15(21(27)28)9-18(16)31-11-4-2-1-3-5-11)24-32(29,30)12-6-7-13-14(8-12)20(26)23-19(13)25/h6-11,24H,1-5H2,(H,27,28)(H,23,25,26). The number of fused-ring (bicyclic) bond motifs is 1. The molecule has 1 heterocycles. The molecule has 2 amide bonds. The van der Waals surface area contributed by atoms with Crippen LogP contribution in [0.3, 0.4) is 0 Å². The first-order valence-electron chi connectivity index (χ1n) is 9.92. The van der Waals surface area contributed by atoms with E-state index in [1.165, 1.54) is 6.07 Å². The van der Waals surface area contributed by atoms with Crippen molar-refractivity contribution in [2.45, 2.75) is 43.1 Å². The zero-order valence-electron chi connectivity index (χ0n) is 16.7. The number of carboxylic acids is 1. The lowest BCUT2D eigenvalue weighted by atomic mass is 9.98. The van der Waals surface area contributed by atoms with E-state index in [9.17, 15) is 32.3 Å². The molecule has 0 saturated heterocycles. The molecule has 11 heteroatoms. The zero-order valence-corrected chi connectivity index (χ0v) is 17.5. The third-order valence-corrected chi connectivity index (χ3v) is 6.77. The summed E-state index contributed by atoms with van der Waals surface area (Å²) in [5.74, 6) is -4.04. The third kappa shape index (κ3) is 4.15. The number of aromatic carboxylic acids is 1. The molecular formula is C21H19FN2O7S. The highest BCUT2D eigenvalue weighted by Crippen LogP contribution is 2.31. The number of rotatable bonds is 6. The summed E-state index contributed by atoms with van der Waals surface area (Å²) in [7, 11) is -4.40. The predicted octanol–water partition coefficient (Wildman–Crippen LogP) is 2.92. The largest absolute Gasteiger partial charge is 0.487 e. The minimum absolute atomic E-state index is 0.0235. The molecule has 168 valence electrons. The number of halogens is 1. The minimum atomic E-state index is -4.40. The lowest BCUT2D eigenvalue weighted by Crippen LogP contribution is -2.21. The molecule has 3 N–H and O–H groups in total. The number of anilines is 1. The van der Waals surface area contributed by atoms with E-state index in [2.05, 4.69) is 4.72 Å². The van der Waals surface area contributed by atoms with Crippen LogP contribution in [0.2, 0.25) is 0 Å². The average molecular weight is 462 g/mol. The fourth-order valence-corrected chi connectivity index (χ4v) is 4.88. The first-order chi connectivity index (χ1) is 15.2. The SMILES string of the molecule is O=C(O)c1cc(OC2CCCCC2)c(F)cc1NS(=O)(=O)c1ccc2c(c1)C(=O)NC2=O. The fraction of sp³-hybridized carbons (Fsp3) is 0.286. The number of sulfonamides is 1. The molecule has 1 saturated carbocycles. The number of hydrogen-bond donors (Lipinski definition) is 3. The van der Waals surface area contributed by atoms with Gasteiger partial charge in [-0.05, 0) is 49.9 Å². The van der Waals surface area contributed by atoms with Crippen LogP contribution >= 0.6 is 0 Å². The molecule has 4 rings (SSSR count). The molecular weight excluding hydrogens is 443 g/mol. The van der Waals surface area contributed by atoms with Crippen molar-refractivity contribution in [2.75, 3.05) is 4.72 Å². The second kappa shape index (κ2) is 8.23. The van der Waals surface area contributed by atoms with Gasteiger partial charge in [-0.2, -0.15) is 0 Å². The van der Waals surface area contributed by atoms with Crippen molar-refractivity contribution in [3.63, 3.8) is 0 Å². The normalized spacial score (nSPS) is 16.4. The van der Waals surface area contributed by atoms with Crippen LogP contribution < -0.4 is 14.8 Å². The van der Waals surface area contributed by atoms with E-state index in [4.69, 9.17) is 4.74 Å². The molecule has 2 aromatic carbocycles. The van der Waals surface area contributed by atoms with Crippen LogP contribution in [0.4, 0.5) is 10.1 Å². The maximum absolute atomic E-state index is 14.7. The van der Waals surface area contributed by atoms with Crippen LogP contribution in [0.5, 0.6) is 5.75 Å². The Morgan fingerprint density at radius 1 is 1.06 bits per heavy atom. The van der Waals surface area contributed by atoms with Gasteiger partial charge in [0.15, 0.2) is 11.6 Å². The number of carboxylic acid groups (broad SMARTS) is 1. The second-order valence-electron chi connectivity index (χ2n) is 7.61. The topological polar surface area (TPSA) is 139 Å². The molecule has 0 atom stereocenters. The number of nitrogens with one attached hydrogen (secondary N) is 2. The molecule has 1 aliphatic carbocycles. The number of ether oxygens (including phenoxy) is 1. The van der Waals surface area contributed by atoms with E-state index >= 15 is 0 Å². The van der Waals surface area contributed by atoms with Gasteiger partial charge in [-0.15, -0.1) is 0 Å². The number of carbonyl (C=O) groups is 3. The quantitative estimate of drug-likeness (QED) is 0.561. The summed E-state index contributed by atoms with van der Waals surface area (Å²) in [6.45, 7) is 0. The summed E-state index contributed by atoms with van der Waals surface area (Å²) in [5, 5.41) is 11.6. The molecule has 2 aliphatic rings. The van der Waals surface area contributed by atoms with Crippen molar-refractivity contribution in [1.82, 2.24) is 5.32 Å². The molecule has 2 aromatic rings. The van der Waals surface area contributed by atoms with E-state index in [1.807, 2.05) is 5.32 Å². The van der Waals surface area contributed by atoms with E-state index in [-0.39, 0.29) is 27.9 Å². The highest BCUT2D eigenvalue weighted by molar-refractivity contribution is 7.92. The Morgan fingerprint density at radius 2 is 1.75 bits per heavy atom. The van der Waals surface area contributed by atoms with Crippen molar-refractivity contribution in [1.29, 1.82) is 0 Å². The molecule has 0 bridgehead atoms. The van der Waals surface area contributed by atoms with Gasteiger partial charge in [0.25, 0.3) is 21.8 Å². The van der Waals surface area contributed by atoms with Gasteiger partial charge in [0, 0.05) is 6.07 Å². The van der Waals surface area contributed by atoms with Crippen LogP contribution in [0.1, 0.15) is 63.2 Å². The van der Waals surface area contributed by atoms with Crippen LogP contribution in [0.15, 0.2) is 35.2 Å². The van der Waals surface area contributed by atoms with Crippen molar-refractivity contribution >= 4 is 33.5 Å². The summed E-state index contributed by atoms with van der Waals surface area (Å²) < 4.78 is 47.9. The number of carbonyl (C=O) groups excluding carboxylic acids is 2. The molecule has 1 aliphatic heterocycles. The van der Waals surface area contributed by atoms with Crippen LogP contribution in [0.25, 0.3) is 0 Å². The van der Waals surface area contributed by atoms with Crippen molar-refractivity contribution in [3.8, 4) is 5.75 Å². The van der Waals surface area contributed by atoms with Crippen LogP contribution in [-0.4, -0.2) is 37.4 Å². The Morgan fingerprint density at radius 3 is 2.44 bits per heavy atom. The first kappa shape index (κ1) is 21.8. The van der Waals surface area contributed by atoms with Gasteiger partial charge >= 0.3 is 5.97 Å². The monoisotopic (exact) mass is 462 g/mol. The van der Waals surface area contributed by atoms with Crippen molar-refractivity contribution < 1.29 is 37.0 Å². The molecule has 9 nitrogen and oxygen atoms in total. The van der Waals surface area contributed by atoms with Gasteiger partial charge in [-0.25, -0.2) is 17.6 Å². The smallest absolute Gasteiger partial charge is 0.337 e. The fourth-order valence-electron chi connectivity index (χ4n) is 3.79. The van der Waals surface area contributed by atoms with Gasteiger partial charge in [-0.3, -0.25) is 19.6 Å². The highest BCUT2D eigenvalue weighted by atomic mass is 32.2. The molecule has 0 radical (unpaired) electrons.